The monoisotopic (exact) mass is 457 g/mol. The molecule has 3 aromatic rings. The Morgan fingerprint density at radius 2 is 1.65 bits per heavy atom. The van der Waals surface area contributed by atoms with Crippen molar-refractivity contribution >= 4 is 23.3 Å². The van der Waals surface area contributed by atoms with Crippen molar-refractivity contribution < 1.29 is 14.3 Å². The van der Waals surface area contributed by atoms with Crippen LogP contribution in [0.25, 0.3) is 11.3 Å². The molecule has 2 amide bonds. The number of rotatable bonds is 5. The predicted molar refractivity (Wildman–Crippen MR) is 130 cm³/mol. The van der Waals surface area contributed by atoms with E-state index in [1.165, 1.54) is 0 Å². The molecule has 2 aliphatic rings. The lowest BCUT2D eigenvalue weighted by Gasteiger charge is -2.36. The van der Waals surface area contributed by atoms with E-state index in [0.29, 0.717) is 32.7 Å². The van der Waals surface area contributed by atoms with E-state index >= 15 is 0 Å². The van der Waals surface area contributed by atoms with Gasteiger partial charge in [-0.1, -0.05) is 18.2 Å². The van der Waals surface area contributed by atoms with Crippen molar-refractivity contribution in [2.45, 2.75) is 6.42 Å². The van der Waals surface area contributed by atoms with Gasteiger partial charge in [-0.2, -0.15) is 0 Å². The Hall–Kier alpha value is -3.94. The summed E-state index contributed by atoms with van der Waals surface area (Å²) in [5.74, 6) is 1.39. The summed E-state index contributed by atoms with van der Waals surface area (Å²) in [6.07, 6.45) is 0.270. The molecule has 174 valence electrons. The van der Waals surface area contributed by atoms with Crippen LogP contribution in [0.1, 0.15) is 6.42 Å². The van der Waals surface area contributed by atoms with E-state index in [0.717, 1.165) is 28.5 Å². The number of piperazine rings is 1. The van der Waals surface area contributed by atoms with Crippen molar-refractivity contribution in [2.75, 3.05) is 49.6 Å². The highest BCUT2D eigenvalue weighted by molar-refractivity contribution is 6.00. The zero-order valence-corrected chi connectivity index (χ0v) is 19.1. The molecule has 0 spiro atoms. The number of carbonyl (C=O) groups is 2. The fourth-order valence-corrected chi connectivity index (χ4v) is 4.55. The summed E-state index contributed by atoms with van der Waals surface area (Å²) < 4.78 is 5.20. The molecule has 1 aromatic heterocycles. The summed E-state index contributed by atoms with van der Waals surface area (Å²) in [6.45, 7) is 3.03. The third-order valence-corrected chi connectivity index (χ3v) is 6.49. The molecule has 0 radical (unpaired) electrons. The largest absolute Gasteiger partial charge is 0.497 e. The first-order valence-corrected chi connectivity index (χ1v) is 11.5. The predicted octanol–water partition coefficient (Wildman–Crippen LogP) is 2.85. The number of aromatic nitrogens is 2. The van der Waals surface area contributed by atoms with E-state index in [1.54, 1.807) is 12.0 Å². The molecule has 1 atom stereocenters. The molecule has 2 fully saturated rings. The molecular weight excluding hydrogens is 430 g/mol. The lowest BCUT2D eigenvalue weighted by atomic mass is 10.1. The van der Waals surface area contributed by atoms with Gasteiger partial charge in [0.15, 0.2) is 5.82 Å². The smallest absolute Gasteiger partial charge is 0.228 e. The minimum atomic E-state index is -0.289. The number of benzene rings is 2. The molecule has 5 rings (SSSR count). The fraction of sp³-hybridized carbons (Fsp3) is 0.308. The second-order valence-corrected chi connectivity index (χ2v) is 8.56. The third-order valence-electron chi connectivity index (χ3n) is 6.49. The quantitative estimate of drug-likeness (QED) is 0.586. The SMILES string of the molecule is COc1ccc(-c2ccc(N3CCN(C(=O)C4CC(=O)N(c5ccccc5)C4)CC3)nn2)cc1. The Labute approximate surface area is 198 Å². The number of ether oxygens (including phenoxy) is 1. The van der Waals surface area contributed by atoms with Crippen LogP contribution in [-0.4, -0.2) is 66.7 Å². The minimum Gasteiger partial charge on any atom is -0.497 e. The maximum absolute atomic E-state index is 13.1. The summed E-state index contributed by atoms with van der Waals surface area (Å²) in [5, 5.41) is 8.80. The van der Waals surface area contributed by atoms with Crippen molar-refractivity contribution in [3.63, 3.8) is 0 Å². The first-order chi connectivity index (χ1) is 16.6. The number of hydrogen-bond acceptors (Lipinski definition) is 6. The van der Waals surface area contributed by atoms with Gasteiger partial charge in [0.05, 0.1) is 18.7 Å². The van der Waals surface area contributed by atoms with E-state index in [2.05, 4.69) is 15.1 Å². The van der Waals surface area contributed by atoms with Gasteiger partial charge in [-0.3, -0.25) is 9.59 Å². The highest BCUT2D eigenvalue weighted by atomic mass is 16.5. The minimum absolute atomic E-state index is 0.00964. The first kappa shape index (κ1) is 21.9. The van der Waals surface area contributed by atoms with Gasteiger partial charge in [-0.25, -0.2) is 0 Å². The molecule has 0 bridgehead atoms. The molecular formula is C26H27N5O3. The van der Waals surface area contributed by atoms with Crippen molar-refractivity contribution in [3.8, 4) is 17.0 Å². The number of amides is 2. The van der Waals surface area contributed by atoms with Crippen LogP contribution < -0.4 is 14.5 Å². The molecule has 0 aliphatic carbocycles. The Bertz CT molecular complexity index is 1140. The Morgan fingerprint density at radius 3 is 2.29 bits per heavy atom. The maximum atomic E-state index is 13.1. The van der Waals surface area contributed by atoms with Gasteiger partial charge in [0.2, 0.25) is 11.8 Å². The summed E-state index contributed by atoms with van der Waals surface area (Å²) in [5.41, 5.74) is 2.63. The van der Waals surface area contributed by atoms with Gasteiger partial charge < -0.3 is 19.4 Å². The fourth-order valence-electron chi connectivity index (χ4n) is 4.55. The van der Waals surface area contributed by atoms with Crippen LogP contribution in [-0.2, 0) is 9.59 Å². The van der Waals surface area contributed by atoms with Gasteiger partial charge in [-0.15, -0.1) is 10.2 Å². The van der Waals surface area contributed by atoms with E-state index in [4.69, 9.17) is 4.74 Å². The van der Waals surface area contributed by atoms with Crippen LogP contribution in [0.15, 0.2) is 66.7 Å². The lowest BCUT2D eigenvalue weighted by molar-refractivity contribution is -0.136. The molecule has 3 heterocycles. The van der Waals surface area contributed by atoms with Gasteiger partial charge in [-0.05, 0) is 48.5 Å². The summed E-state index contributed by atoms with van der Waals surface area (Å²) >= 11 is 0. The molecule has 2 aliphatic heterocycles. The van der Waals surface area contributed by atoms with Crippen molar-refractivity contribution in [3.05, 3.63) is 66.7 Å². The van der Waals surface area contributed by atoms with Crippen molar-refractivity contribution in [2.24, 2.45) is 5.92 Å². The van der Waals surface area contributed by atoms with Crippen LogP contribution in [0.5, 0.6) is 5.75 Å². The average molecular weight is 458 g/mol. The van der Waals surface area contributed by atoms with Crippen LogP contribution in [0.2, 0.25) is 0 Å². The highest BCUT2D eigenvalue weighted by Gasteiger charge is 2.38. The average Bonchev–Trinajstić information content (AvgIpc) is 3.30. The number of para-hydroxylation sites is 1. The van der Waals surface area contributed by atoms with Crippen LogP contribution in [0.3, 0.4) is 0 Å². The Kier molecular flexibility index (Phi) is 6.12. The third kappa shape index (κ3) is 4.44. The molecule has 0 N–H and O–H groups in total. The number of nitrogens with zero attached hydrogens (tertiary/aromatic N) is 5. The van der Waals surface area contributed by atoms with E-state index in [1.807, 2.05) is 71.6 Å². The molecule has 34 heavy (non-hydrogen) atoms. The Balaban J connectivity index is 1.17. The van der Waals surface area contributed by atoms with Crippen molar-refractivity contribution in [1.82, 2.24) is 15.1 Å². The molecule has 2 aromatic carbocycles. The van der Waals surface area contributed by atoms with Gasteiger partial charge >= 0.3 is 0 Å². The molecule has 1 unspecified atom stereocenters. The topological polar surface area (TPSA) is 78.9 Å². The molecule has 2 saturated heterocycles. The van der Waals surface area contributed by atoms with Crippen LogP contribution >= 0.6 is 0 Å². The van der Waals surface area contributed by atoms with Gasteiger partial charge in [0.25, 0.3) is 0 Å². The normalized spacial score (nSPS) is 18.3. The summed E-state index contributed by atoms with van der Waals surface area (Å²) in [7, 11) is 1.64. The Morgan fingerprint density at radius 1 is 0.912 bits per heavy atom. The number of carbonyl (C=O) groups excluding carboxylic acids is 2. The molecule has 8 nitrogen and oxygen atoms in total. The lowest BCUT2D eigenvalue weighted by Crippen LogP contribution is -2.51. The first-order valence-electron chi connectivity index (χ1n) is 11.5. The second kappa shape index (κ2) is 9.51. The molecule has 8 heteroatoms. The highest BCUT2D eigenvalue weighted by Crippen LogP contribution is 2.27. The number of hydrogen-bond donors (Lipinski definition) is 0. The number of anilines is 2. The zero-order chi connectivity index (χ0) is 23.5. The van der Waals surface area contributed by atoms with Crippen LogP contribution in [0.4, 0.5) is 11.5 Å². The van der Waals surface area contributed by atoms with Gasteiger partial charge in [0, 0.05) is 50.4 Å². The summed E-state index contributed by atoms with van der Waals surface area (Å²) in [4.78, 5) is 31.3. The molecule has 0 saturated carbocycles. The second-order valence-electron chi connectivity index (χ2n) is 8.56. The zero-order valence-electron chi connectivity index (χ0n) is 19.1. The standard InChI is InChI=1S/C26H27N5O3/c1-34-22-9-7-19(8-10-22)23-11-12-24(28-27-23)29-13-15-30(16-14-29)26(33)20-17-25(32)31(18-20)21-5-3-2-4-6-21/h2-12,20H,13-18H2,1H3. The van der Waals surface area contributed by atoms with Crippen molar-refractivity contribution in [1.29, 1.82) is 0 Å². The van der Waals surface area contributed by atoms with Crippen LogP contribution in [0, 0.1) is 5.92 Å². The maximum Gasteiger partial charge on any atom is 0.228 e. The van der Waals surface area contributed by atoms with Gasteiger partial charge in [0.1, 0.15) is 5.75 Å². The number of methoxy groups -OCH3 is 1. The summed E-state index contributed by atoms with van der Waals surface area (Å²) in [6, 6.07) is 21.2. The van der Waals surface area contributed by atoms with E-state index in [9.17, 15) is 9.59 Å². The van der Waals surface area contributed by atoms with E-state index < -0.39 is 0 Å². The van der Waals surface area contributed by atoms with E-state index in [-0.39, 0.29) is 24.2 Å².